The van der Waals surface area contributed by atoms with Crippen LogP contribution in [0.1, 0.15) is 25.7 Å². The molecule has 0 heterocycles. The zero-order chi connectivity index (χ0) is 14.3. The summed E-state index contributed by atoms with van der Waals surface area (Å²) in [5.41, 5.74) is 0. The molecule has 1 fully saturated rings. The van der Waals surface area contributed by atoms with E-state index in [9.17, 15) is 9.59 Å². The molecular formula is C12H22N2O4S. The minimum Gasteiger partial charge on any atom is -0.480 e. The Morgan fingerprint density at radius 3 is 2.58 bits per heavy atom. The first-order chi connectivity index (χ1) is 9.10. The molecule has 0 aliphatic heterocycles. The van der Waals surface area contributed by atoms with Gasteiger partial charge in [0.25, 0.3) is 0 Å². The van der Waals surface area contributed by atoms with Crippen LogP contribution in [0.25, 0.3) is 0 Å². The zero-order valence-electron chi connectivity index (χ0n) is 11.2. The fraction of sp³-hybridized carbons (Fsp3) is 0.833. The molecule has 0 aromatic heterocycles. The van der Waals surface area contributed by atoms with Crippen molar-refractivity contribution in [1.29, 1.82) is 0 Å². The maximum Gasteiger partial charge on any atom is 0.326 e. The van der Waals surface area contributed by atoms with E-state index in [-0.39, 0.29) is 25.2 Å². The van der Waals surface area contributed by atoms with E-state index in [1.807, 2.05) is 6.26 Å². The number of carboxylic acid groups (broad SMARTS) is 1. The van der Waals surface area contributed by atoms with Gasteiger partial charge in [0.2, 0.25) is 0 Å². The van der Waals surface area contributed by atoms with Crippen LogP contribution < -0.4 is 5.32 Å². The lowest BCUT2D eigenvalue weighted by molar-refractivity contribution is -0.139. The van der Waals surface area contributed by atoms with Gasteiger partial charge < -0.3 is 20.4 Å². The SMILES string of the molecule is CSCC[C@H](NC(=O)N(CCO)C1CCC1)C(=O)O. The van der Waals surface area contributed by atoms with Gasteiger partial charge in [-0.2, -0.15) is 11.8 Å². The van der Waals surface area contributed by atoms with E-state index in [4.69, 9.17) is 10.2 Å². The van der Waals surface area contributed by atoms with Crippen molar-refractivity contribution >= 4 is 23.8 Å². The number of nitrogens with one attached hydrogen (secondary N) is 1. The smallest absolute Gasteiger partial charge is 0.326 e. The van der Waals surface area contributed by atoms with E-state index in [0.29, 0.717) is 12.2 Å². The summed E-state index contributed by atoms with van der Waals surface area (Å²) in [5, 5.41) is 20.6. The van der Waals surface area contributed by atoms with Crippen molar-refractivity contribution in [1.82, 2.24) is 10.2 Å². The van der Waals surface area contributed by atoms with E-state index >= 15 is 0 Å². The average molecular weight is 290 g/mol. The summed E-state index contributed by atoms with van der Waals surface area (Å²) < 4.78 is 0. The van der Waals surface area contributed by atoms with E-state index in [0.717, 1.165) is 19.3 Å². The highest BCUT2D eigenvalue weighted by atomic mass is 32.2. The van der Waals surface area contributed by atoms with Gasteiger partial charge >= 0.3 is 12.0 Å². The van der Waals surface area contributed by atoms with Crippen molar-refractivity contribution in [3.63, 3.8) is 0 Å². The van der Waals surface area contributed by atoms with Crippen LogP contribution in [0, 0.1) is 0 Å². The van der Waals surface area contributed by atoms with Crippen LogP contribution in [0.3, 0.4) is 0 Å². The van der Waals surface area contributed by atoms with Crippen molar-refractivity contribution < 1.29 is 19.8 Å². The first-order valence-electron chi connectivity index (χ1n) is 6.50. The first-order valence-corrected chi connectivity index (χ1v) is 7.89. The van der Waals surface area contributed by atoms with Gasteiger partial charge in [0.1, 0.15) is 6.04 Å². The maximum absolute atomic E-state index is 12.1. The van der Waals surface area contributed by atoms with Crippen LogP contribution in [0.4, 0.5) is 4.79 Å². The van der Waals surface area contributed by atoms with Crippen molar-refractivity contribution in [2.75, 3.05) is 25.2 Å². The normalized spacial score (nSPS) is 16.5. The van der Waals surface area contributed by atoms with Gasteiger partial charge in [-0.05, 0) is 37.7 Å². The second kappa shape index (κ2) is 8.27. The first kappa shape index (κ1) is 16.1. The number of hydrogen-bond donors (Lipinski definition) is 3. The molecule has 19 heavy (non-hydrogen) atoms. The summed E-state index contributed by atoms with van der Waals surface area (Å²) in [6.07, 6.45) is 5.23. The molecule has 0 saturated heterocycles. The predicted molar refractivity (Wildman–Crippen MR) is 74.4 cm³/mol. The predicted octanol–water partition coefficient (Wildman–Crippen LogP) is 0.749. The van der Waals surface area contributed by atoms with Crippen LogP contribution in [-0.4, -0.2) is 64.4 Å². The van der Waals surface area contributed by atoms with Gasteiger partial charge in [-0.3, -0.25) is 0 Å². The lowest BCUT2D eigenvalue weighted by atomic mass is 9.91. The third-order valence-electron chi connectivity index (χ3n) is 3.32. The van der Waals surface area contributed by atoms with Crippen molar-refractivity contribution in [2.45, 2.75) is 37.8 Å². The lowest BCUT2D eigenvalue weighted by Gasteiger charge is -2.37. The molecule has 2 amide bonds. The van der Waals surface area contributed by atoms with Gasteiger partial charge in [0, 0.05) is 12.6 Å². The lowest BCUT2D eigenvalue weighted by Crippen LogP contribution is -2.54. The molecule has 1 rings (SSSR count). The van der Waals surface area contributed by atoms with Gasteiger partial charge in [-0.15, -0.1) is 0 Å². The number of aliphatic hydroxyl groups excluding tert-OH is 1. The second-order valence-electron chi connectivity index (χ2n) is 4.62. The number of rotatable bonds is 8. The van der Waals surface area contributed by atoms with Gasteiger partial charge in [0.05, 0.1) is 6.61 Å². The highest BCUT2D eigenvalue weighted by Crippen LogP contribution is 2.24. The Morgan fingerprint density at radius 2 is 2.16 bits per heavy atom. The van der Waals surface area contributed by atoms with Crippen LogP contribution in [0.2, 0.25) is 0 Å². The molecule has 0 bridgehead atoms. The number of carboxylic acids is 1. The van der Waals surface area contributed by atoms with Crippen LogP contribution in [0.5, 0.6) is 0 Å². The molecule has 0 aromatic carbocycles. The molecule has 110 valence electrons. The van der Waals surface area contributed by atoms with Crippen LogP contribution in [0.15, 0.2) is 0 Å². The molecular weight excluding hydrogens is 268 g/mol. The van der Waals surface area contributed by atoms with Gasteiger partial charge in [-0.1, -0.05) is 0 Å². The van der Waals surface area contributed by atoms with Crippen molar-refractivity contribution in [2.24, 2.45) is 0 Å². The Bertz CT molecular complexity index is 310. The van der Waals surface area contributed by atoms with Crippen molar-refractivity contribution in [3.8, 4) is 0 Å². The topological polar surface area (TPSA) is 89.9 Å². The number of nitrogens with zero attached hydrogens (tertiary/aromatic N) is 1. The number of amides is 2. The summed E-state index contributed by atoms with van der Waals surface area (Å²) in [6.45, 7) is 0.151. The van der Waals surface area contributed by atoms with Crippen LogP contribution >= 0.6 is 11.8 Å². The maximum atomic E-state index is 12.1. The molecule has 6 nitrogen and oxygen atoms in total. The fourth-order valence-electron chi connectivity index (χ4n) is 1.98. The Morgan fingerprint density at radius 1 is 1.47 bits per heavy atom. The standard InChI is InChI=1S/C12H22N2O4S/c1-19-8-5-10(11(16)17)13-12(18)14(6-7-15)9-3-2-4-9/h9-10,15H,2-8H2,1H3,(H,13,18)(H,16,17)/t10-/m0/s1. The molecule has 1 aliphatic carbocycles. The molecule has 3 N–H and O–H groups in total. The highest BCUT2D eigenvalue weighted by Gasteiger charge is 2.30. The summed E-state index contributed by atoms with van der Waals surface area (Å²) in [6, 6.07) is -1.10. The Balaban J connectivity index is 2.54. The van der Waals surface area contributed by atoms with Gasteiger partial charge in [0.15, 0.2) is 0 Å². The largest absolute Gasteiger partial charge is 0.480 e. The highest BCUT2D eigenvalue weighted by molar-refractivity contribution is 7.98. The molecule has 1 saturated carbocycles. The average Bonchev–Trinajstić information content (AvgIpc) is 2.31. The third kappa shape index (κ3) is 4.91. The number of hydrogen-bond acceptors (Lipinski definition) is 4. The summed E-state index contributed by atoms with van der Waals surface area (Å²) in [7, 11) is 0. The summed E-state index contributed by atoms with van der Waals surface area (Å²) in [5.74, 6) is -0.333. The number of thioether (sulfide) groups is 1. The Kier molecular flexibility index (Phi) is 7.01. The summed E-state index contributed by atoms with van der Waals surface area (Å²) >= 11 is 1.55. The van der Waals surface area contributed by atoms with E-state index in [1.165, 1.54) is 0 Å². The van der Waals surface area contributed by atoms with Crippen LogP contribution in [-0.2, 0) is 4.79 Å². The van der Waals surface area contributed by atoms with Gasteiger partial charge in [-0.25, -0.2) is 9.59 Å². The number of aliphatic hydroxyl groups is 1. The molecule has 1 aliphatic rings. The minimum absolute atomic E-state index is 0.105. The minimum atomic E-state index is -1.01. The quantitative estimate of drug-likeness (QED) is 0.614. The fourth-order valence-corrected chi connectivity index (χ4v) is 2.45. The van der Waals surface area contributed by atoms with E-state index in [1.54, 1.807) is 16.7 Å². The van der Waals surface area contributed by atoms with E-state index < -0.39 is 12.0 Å². The number of carbonyl (C=O) groups is 2. The Labute approximate surface area is 117 Å². The molecule has 1 atom stereocenters. The number of urea groups is 1. The Hall–Kier alpha value is -0.950. The van der Waals surface area contributed by atoms with Crippen molar-refractivity contribution in [3.05, 3.63) is 0 Å². The molecule has 0 aromatic rings. The molecule has 0 unspecified atom stereocenters. The number of aliphatic carboxylic acids is 1. The molecule has 7 heteroatoms. The molecule has 0 spiro atoms. The number of carbonyl (C=O) groups excluding carboxylic acids is 1. The molecule has 0 radical (unpaired) electrons. The second-order valence-corrected chi connectivity index (χ2v) is 5.61. The zero-order valence-corrected chi connectivity index (χ0v) is 12.0. The summed E-state index contributed by atoms with van der Waals surface area (Å²) in [4.78, 5) is 24.7. The van der Waals surface area contributed by atoms with E-state index in [2.05, 4.69) is 5.32 Å². The monoisotopic (exact) mass is 290 g/mol. The third-order valence-corrected chi connectivity index (χ3v) is 3.97.